The van der Waals surface area contributed by atoms with Crippen molar-refractivity contribution in [1.29, 1.82) is 0 Å². The lowest BCUT2D eigenvalue weighted by molar-refractivity contribution is 0.129. The minimum Gasteiger partial charge on any atom is -0.316 e. The van der Waals surface area contributed by atoms with Crippen molar-refractivity contribution in [1.82, 2.24) is 5.32 Å². The molecule has 1 aliphatic carbocycles. The summed E-state index contributed by atoms with van der Waals surface area (Å²) < 4.78 is 13.2. The molecule has 3 heteroatoms. The number of hydrogen-bond acceptors (Lipinski definition) is 1. The number of rotatable bonds is 6. The number of hydrogen-bond donors (Lipinski definition) is 1. The highest BCUT2D eigenvalue weighted by atomic mass is 35.5. The summed E-state index contributed by atoms with van der Waals surface area (Å²) in [5, 5.41) is 3.80. The molecule has 1 N–H and O–H groups in total. The zero-order valence-corrected chi connectivity index (χ0v) is 12.6. The Kier molecular flexibility index (Phi) is 4.86. The molecule has 19 heavy (non-hydrogen) atoms. The molecule has 1 aliphatic rings. The van der Waals surface area contributed by atoms with Gasteiger partial charge < -0.3 is 5.32 Å². The third-order valence-electron chi connectivity index (χ3n) is 4.03. The van der Waals surface area contributed by atoms with Crippen LogP contribution in [-0.2, 0) is 6.42 Å². The predicted molar refractivity (Wildman–Crippen MR) is 79.1 cm³/mol. The summed E-state index contributed by atoms with van der Waals surface area (Å²) in [6.07, 6.45) is 4.82. The van der Waals surface area contributed by atoms with Gasteiger partial charge in [0.25, 0.3) is 0 Å². The fourth-order valence-electron chi connectivity index (χ4n) is 2.80. The van der Waals surface area contributed by atoms with E-state index in [-0.39, 0.29) is 10.8 Å². The Morgan fingerprint density at radius 3 is 2.63 bits per heavy atom. The highest BCUT2D eigenvalue weighted by Gasteiger charge is 2.36. The van der Waals surface area contributed by atoms with Gasteiger partial charge in [0.15, 0.2) is 0 Å². The molecule has 0 heterocycles. The van der Waals surface area contributed by atoms with E-state index in [4.69, 9.17) is 11.6 Å². The molecule has 0 aliphatic heterocycles. The first-order valence-corrected chi connectivity index (χ1v) is 7.53. The maximum Gasteiger partial charge on any atom is 0.141 e. The van der Waals surface area contributed by atoms with E-state index < -0.39 is 0 Å². The van der Waals surface area contributed by atoms with Crippen molar-refractivity contribution in [2.45, 2.75) is 39.5 Å². The molecule has 1 fully saturated rings. The van der Waals surface area contributed by atoms with Crippen LogP contribution in [0.15, 0.2) is 18.2 Å². The van der Waals surface area contributed by atoms with Crippen molar-refractivity contribution >= 4 is 11.6 Å². The summed E-state index contributed by atoms with van der Waals surface area (Å²) in [5.74, 6) is 0.350. The van der Waals surface area contributed by atoms with Crippen molar-refractivity contribution in [3.05, 3.63) is 34.6 Å². The van der Waals surface area contributed by atoms with Crippen LogP contribution in [0.5, 0.6) is 0 Å². The maximum atomic E-state index is 13.2. The molecule has 0 aromatic heterocycles. The van der Waals surface area contributed by atoms with Gasteiger partial charge in [0.2, 0.25) is 0 Å². The van der Waals surface area contributed by atoms with Crippen LogP contribution in [0.3, 0.4) is 0 Å². The van der Waals surface area contributed by atoms with Gasteiger partial charge in [0.1, 0.15) is 5.82 Å². The molecule has 1 aromatic rings. The molecule has 0 amide bonds. The fraction of sp³-hybridized carbons (Fsp3) is 0.625. The number of nitrogens with one attached hydrogen (secondary N) is 1. The minimum absolute atomic E-state index is 0.238. The van der Waals surface area contributed by atoms with Gasteiger partial charge in [-0.25, -0.2) is 4.39 Å². The van der Waals surface area contributed by atoms with Crippen molar-refractivity contribution in [2.24, 2.45) is 11.3 Å². The summed E-state index contributed by atoms with van der Waals surface area (Å²) in [4.78, 5) is 0. The molecule has 2 rings (SSSR count). The van der Waals surface area contributed by atoms with E-state index in [1.54, 1.807) is 6.07 Å². The highest BCUT2D eigenvalue weighted by molar-refractivity contribution is 6.30. The maximum absolute atomic E-state index is 13.2. The Labute approximate surface area is 120 Å². The van der Waals surface area contributed by atoms with Crippen LogP contribution in [0.2, 0.25) is 5.02 Å². The smallest absolute Gasteiger partial charge is 0.141 e. The Morgan fingerprint density at radius 1 is 1.37 bits per heavy atom. The minimum atomic E-state index is -0.328. The lowest BCUT2D eigenvalue weighted by Gasteiger charge is -2.42. The second kappa shape index (κ2) is 6.23. The van der Waals surface area contributed by atoms with Gasteiger partial charge in [-0.15, -0.1) is 0 Å². The Morgan fingerprint density at radius 2 is 2.11 bits per heavy atom. The summed E-state index contributed by atoms with van der Waals surface area (Å²) in [7, 11) is 0. The van der Waals surface area contributed by atoms with Crippen LogP contribution in [-0.4, -0.2) is 13.1 Å². The third kappa shape index (κ3) is 3.93. The van der Waals surface area contributed by atoms with Crippen molar-refractivity contribution in [3.8, 4) is 0 Å². The first-order chi connectivity index (χ1) is 9.01. The zero-order valence-electron chi connectivity index (χ0n) is 11.8. The van der Waals surface area contributed by atoms with E-state index >= 15 is 0 Å². The molecule has 0 spiro atoms. The van der Waals surface area contributed by atoms with Crippen LogP contribution < -0.4 is 5.32 Å². The molecular weight excluding hydrogens is 261 g/mol. The van der Waals surface area contributed by atoms with E-state index in [9.17, 15) is 4.39 Å². The van der Waals surface area contributed by atoms with Gasteiger partial charge in [0.05, 0.1) is 5.02 Å². The zero-order chi connectivity index (χ0) is 13.9. The second-order valence-corrected chi connectivity index (χ2v) is 6.71. The molecule has 0 radical (unpaired) electrons. The topological polar surface area (TPSA) is 12.0 Å². The lowest BCUT2D eigenvalue weighted by Crippen LogP contribution is -2.42. The number of halogens is 2. The van der Waals surface area contributed by atoms with Crippen LogP contribution >= 0.6 is 11.6 Å². The molecule has 0 bridgehead atoms. The molecule has 106 valence electrons. The monoisotopic (exact) mass is 283 g/mol. The average Bonchev–Trinajstić information content (AvgIpc) is 2.30. The summed E-state index contributed by atoms with van der Waals surface area (Å²) in [6, 6.07) is 5.12. The first-order valence-electron chi connectivity index (χ1n) is 7.15. The average molecular weight is 284 g/mol. The SMILES string of the molecule is CC(C)CNCC1(Cc2ccc(F)c(Cl)c2)CCC1. The van der Waals surface area contributed by atoms with Crippen molar-refractivity contribution in [3.63, 3.8) is 0 Å². The largest absolute Gasteiger partial charge is 0.316 e. The quantitative estimate of drug-likeness (QED) is 0.814. The second-order valence-electron chi connectivity index (χ2n) is 6.30. The van der Waals surface area contributed by atoms with Crippen LogP contribution in [0.1, 0.15) is 38.7 Å². The molecule has 1 aromatic carbocycles. The lowest BCUT2D eigenvalue weighted by atomic mass is 9.65. The summed E-state index contributed by atoms with van der Waals surface area (Å²) in [6.45, 7) is 6.56. The van der Waals surface area contributed by atoms with Gasteiger partial charge in [-0.05, 0) is 54.8 Å². The van der Waals surface area contributed by atoms with E-state index in [2.05, 4.69) is 19.2 Å². The normalized spacial score (nSPS) is 17.5. The first kappa shape index (κ1) is 14.8. The van der Waals surface area contributed by atoms with Gasteiger partial charge in [-0.3, -0.25) is 0 Å². The van der Waals surface area contributed by atoms with Crippen molar-refractivity contribution in [2.75, 3.05) is 13.1 Å². The van der Waals surface area contributed by atoms with E-state index in [1.165, 1.54) is 25.3 Å². The Hall–Kier alpha value is -0.600. The van der Waals surface area contributed by atoms with Crippen LogP contribution in [0.25, 0.3) is 0 Å². The Bertz CT molecular complexity index is 427. The molecular formula is C16H23ClFN. The predicted octanol–water partition coefficient (Wildman–Crippen LogP) is 4.44. The van der Waals surface area contributed by atoms with Gasteiger partial charge >= 0.3 is 0 Å². The number of benzene rings is 1. The molecule has 0 atom stereocenters. The standard InChI is InChI=1S/C16H23ClFN/c1-12(2)10-19-11-16(6-3-7-16)9-13-4-5-15(18)14(17)8-13/h4-5,8,12,19H,3,6-7,9-11H2,1-2H3. The van der Waals surface area contributed by atoms with E-state index in [1.807, 2.05) is 6.07 Å². The van der Waals surface area contributed by atoms with Crippen LogP contribution in [0.4, 0.5) is 4.39 Å². The molecule has 0 saturated heterocycles. The summed E-state index contributed by atoms with van der Waals surface area (Å²) >= 11 is 5.86. The Balaban J connectivity index is 1.95. The molecule has 1 saturated carbocycles. The molecule has 1 nitrogen and oxygen atoms in total. The van der Waals surface area contributed by atoms with Gasteiger partial charge in [-0.1, -0.05) is 37.9 Å². The van der Waals surface area contributed by atoms with Gasteiger partial charge in [-0.2, -0.15) is 0 Å². The van der Waals surface area contributed by atoms with E-state index in [0.29, 0.717) is 11.3 Å². The van der Waals surface area contributed by atoms with Crippen LogP contribution in [0, 0.1) is 17.2 Å². The highest BCUT2D eigenvalue weighted by Crippen LogP contribution is 2.43. The fourth-order valence-corrected chi connectivity index (χ4v) is 3.00. The van der Waals surface area contributed by atoms with Gasteiger partial charge in [0, 0.05) is 6.54 Å². The molecule has 0 unspecified atom stereocenters. The summed E-state index contributed by atoms with van der Waals surface area (Å²) in [5.41, 5.74) is 1.51. The van der Waals surface area contributed by atoms with E-state index in [0.717, 1.165) is 25.1 Å². The third-order valence-corrected chi connectivity index (χ3v) is 4.32. The van der Waals surface area contributed by atoms with Crippen molar-refractivity contribution < 1.29 is 4.39 Å².